The van der Waals surface area contributed by atoms with Gasteiger partial charge < -0.3 is 9.84 Å². The van der Waals surface area contributed by atoms with E-state index in [-0.39, 0.29) is 16.9 Å². The molecule has 3 atom stereocenters. The third kappa shape index (κ3) is 1.81. The van der Waals surface area contributed by atoms with E-state index in [0.29, 0.717) is 5.92 Å². The van der Waals surface area contributed by atoms with Crippen LogP contribution >= 0.6 is 0 Å². The molecule has 0 radical (unpaired) electrons. The topological polar surface area (TPSA) is 29.5 Å². The quantitative estimate of drug-likeness (QED) is 0.846. The van der Waals surface area contributed by atoms with E-state index in [1.165, 1.54) is 17.5 Å². The van der Waals surface area contributed by atoms with Crippen LogP contribution in [0.4, 0.5) is 0 Å². The van der Waals surface area contributed by atoms with Crippen LogP contribution in [0.1, 0.15) is 51.2 Å². The normalized spacial score (nSPS) is 35.0. The van der Waals surface area contributed by atoms with Crippen LogP contribution in [0, 0.1) is 11.3 Å². The summed E-state index contributed by atoms with van der Waals surface area (Å²) in [6.07, 6.45) is 4.10. The molecule has 1 aromatic carbocycles. The van der Waals surface area contributed by atoms with Crippen molar-refractivity contribution in [2.45, 2.75) is 58.0 Å². The van der Waals surface area contributed by atoms with Gasteiger partial charge >= 0.3 is 0 Å². The minimum absolute atomic E-state index is 0.00618. The third-order valence-electron chi connectivity index (χ3n) is 6.10. The summed E-state index contributed by atoms with van der Waals surface area (Å²) in [5.74, 6) is 1.49. The number of rotatable bonds is 1. The van der Waals surface area contributed by atoms with Crippen molar-refractivity contribution in [3.8, 4) is 5.75 Å². The Morgan fingerprint density at radius 1 is 1.20 bits per heavy atom. The summed E-state index contributed by atoms with van der Waals surface area (Å²) in [7, 11) is 1.74. The first-order valence-corrected chi connectivity index (χ1v) is 7.75. The summed E-state index contributed by atoms with van der Waals surface area (Å²) in [4.78, 5) is 0. The minimum Gasteiger partial charge on any atom is -0.497 e. The Hall–Kier alpha value is -1.02. The second-order valence-corrected chi connectivity index (χ2v) is 7.41. The molecule has 2 nitrogen and oxygen atoms in total. The fourth-order valence-electron chi connectivity index (χ4n) is 4.78. The lowest BCUT2D eigenvalue weighted by atomic mass is 9.49. The number of aryl methyl sites for hydroxylation is 1. The fraction of sp³-hybridized carbons (Fsp3) is 0.667. The Labute approximate surface area is 122 Å². The van der Waals surface area contributed by atoms with Gasteiger partial charge in [-0.25, -0.2) is 0 Å². The maximum absolute atomic E-state index is 10.4. The van der Waals surface area contributed by atoms with Crippen molar-refractivity contribution in [3.05, 3.63) is 29.3 Å². The Morgan fingerprint density at radius 3 is 2.65 bits per heavy atom. The van der Waals surface area contributed by atoms with Gasteiger partial charge in [-0.3, -0.25) is 0 Å². The van der Waals surface area contributed by atoms with Gasteiger partial charge in [-0.05, 0) is 65.7 Å². The second kappa shape index (κ2) is 4.49. The molecule has 1 N–H and O–H groups in total. The van der Waals surface area contributed by atoms with E-state index in [4.69, 9.17) is 4.74 Å². The number of ether oxygens (including phenoxy) is 1. The average Bonchev–Trinajstić information content (AvgIpc) is 2.43. The van der Waals surface area contributed by atoms with Gasteiger partial charge in [0.1, 0.15) is 5.75 Å². The van der Waals surface area contributed by atoms with Crippen LogP contribution in [0.2, 0.25) is 0 Å². The molecule has 3 rings (SSSR count). The minimum atomic E-state index is -0.173. The molecule has 0 bridgehead atoms. The van der Waals surface area contributed by atoms with Crippen LogP contribution in [-0.2, 0) is 11.8 Å². The third-order valence-corrected chi connectivity index (χ3v) is 6.10. The molecule has 0 saturated heterocycles. The van der Waals surface area contributed by atoms with E-state index in [9.17, 15) is 5.11 Å². The lowest BCUT2D eigenvalue weighted by Gasteiger charge is -2.56. The molecule has 0 unspecified atom stereocenters. The molecule has 1 aromatic rings. The van der Waals surface area contributed by atoms with Crippen LogP contribution < -0.4 is 4.74 Å². The highest BCUT2D eigenvalue weighted by Gasteiger charge is 2.53. The maximum atomic E-state index is 10.4. The second-order valence-electron chi connectivity index (χ2n) is 7.41. The Balaban J connectivity index is 2.10. The van der Waals surface area contributed by atoms with Gasteiger partial charge in [0.25, 0.3) is 0 Å². The first kappa shape index (κ1) is 13.9. The highest BCUT2D eigenvalue weighted by Crippen LogP contribution is 2.57. The lowest BCUT2D eigenvalue weighted by molar-refractivity contribution is -0.0731. The molecule has 0 aromatic heterocycles. The van der Waals surface area contributed by atoms with Gasteiger partial charge in [0, 0.05) is 0 Å². The Bertz CT molecular complexity index is 520. The SMILES string of the molecule is COc1ccc2c(c1)[C@@]1(C)CC[C@H](O)C(C)(C)[C@@H]1CC2. The predicted octanol–water partition coefficient (Wildman–Crippen LogP) is 3.70. The molecule has 2 aliphatic rings. The molecular weight excluding hydrogens is 248 g/mol. The summed E-state index contributed by atoms with van der Waals surface area (Å²) in [6, 6.07) is 6.54. The summed E-state index contributed by atoms with van der Waals surface area (Å²) >= 11 is 0. The number of hydrogen-bond donors (Lipinski definition) is 1. The molecule has 1 fully saturated rings. The van der Waals surface area contributed by atoms with Crippen molar-refractivity contribution < 1.29 is 9.84 Å². The van der Waals surface area contributed by atoms with Crippen LogP contribution in [-0.4, -0.2) is 18.3 Å². The highest BCUT2D eigenvalue weighted by molar-refractivity contribution is 5.43. The van der Waals surface area contributed by atoms with Gasteiger partial charge in [-0.15, -0.1) is 0 Å². The molecule has 0 spiro atoms. The van der Waals surface area contributed by atoms with Crippen molar-refractivity contribution in [3.63, 3.8) is 0 Å². The number of benzene rings is 1. The Kier molecular flexibility index (Phi) is 3.13. The van der Waals surface area contributed by atoms with Crippen molar-refractivity contribution in [1.82, 2.24) is 0 Å². The van der Waals surface area contributed by atoms with Gasteiger partial charge in [0.2, 0.25) is 0 Å². The van der Waals surface area contributed by atoms with Crippen molar-refractivity contribution >= 4 is 0 Å². The zero-order valence-corrected chi connectivity index (χ0v) is 13.1. The maximum Gasteiger partial charge on any atom is 0.119 e. The molecule has 0 heterocycles. The predicted molar refractivity (Wildman–Crippen MR) is 81.2 cm³/mol. The first-order valence-electron chi connectivity index (χ1n) is 7.75. The number of methoxy groups -OCH3 is 1. The molecule has 2 aliphatic carbocycles. The molecular formula is C18H26O2. The van der Waals surface area contributed by atoms with Gasteiger partial charge in [-0.1, -0.05) is 26.8 Å². The number of fused-ring (bicyclic) bond motifs is 3. The summed E-state index contributed by atoms with van der Waals surface area (Å²) in [5.41, 5.74) is 3.09. The zero-order valence-electron chi connectivity index (χ0n) is 13.1. The summed E-state index contributed by atoms with van der Waals surface area (Å²) < 4.78 is 5.43. The summed E-state index contributed by atoms with van der Waals surface area (Å²) in [5, 5.41) is 10.4. The monoisotopic (exact) mass is 274 g/mol. The van der Waals surface area contributed by atoms with Crippen LogP contribution in [0.25, 0.3) is 0 Å². The van der Waals surface area contributed by atoms with Crippen molar-refractivity contribution in [1.29, 1.82) is 0 Å². The molecule has 0 aliphatic heterocycles. The lowest BCUT2D eigenvalue weighted by Crippen LogP contribution is -2.53. The molecule has 0 amide bonds. The van der Waals surface area contributed by atoms with E-state index in [2.05, 4.69) is 39.0 Å². The van der Waals surface area contributed by atoms with E-state index in [1.807, 2.05) is 0 Å². The zero-order chi connectivity index (χ0) is 14.5. The largest absolute Gasteiger partial charge is 0.497 e. The van der Waals surface area contributed by atoms with Crippen LogP contribution in [0.3, 0.4) is 0 Å². The summed E-state index contributed by atoms with van der Waals surface area (Å²) in [6.45, 7) is 6.87. The number of aliphatic hydroxyl groups excluding tert-OH is 1. The van der Waals surface area contributed by atoms with E-state index in [1.54, 1.807) is 7.11 Å². The standard InChI is InChI=1S/C18H26O2/c1-17(2)15-8-6-12-5-7-13(20-4)11-14(12)18(15,3)10-9-16(17)19/h5,7,11,15-16,19H,6,8-10H2,1-4H3/t15-,16-,18+/m0/s1. The first-order chi connectivity index (χ1) is 9.39. The van der Waals surface area contributed by atoms with Gasteiger partial charge in [-0.2, -0.15) is 0 Å². The van der Waals surface area contributed by atoms with Gasteiger partial charge in [0.05, 0.1) is 13.2 Å². The molecule has 1 saturated carbocycles. The van der Waals surface area contributed by atoms with Crippen LogP contribution in [0.15, 0.2) is 18.2 Å². The van der Waals surface area contributed by atoms with Crippen LogP contribution in [0.5, 0.6) is 5.75 Å². The molecule has 110 valence electrons. The van der Waals surface area contributed by atoms with Crippen molar-refractivity contribution in [2.75, 3.05) is 7.11 Å². The van der Waals surface area contributed by atoms with E-state index in [0.717, 1.165) is 25.0 Å². The highest BCUT2D eigenvalue weighted by atomic mass is 16.5. The van der Waals surface area contributed by atoms with Crippen molar-refractivity contribution in [2.24, 2.45) is 11.3 Å². The van der Waals surface area contributed by atoms with Gasteiger partial charge in [0.15, 0.2) is 0 Å². The number of hydrogen-bond acceptors (Lipinski definition) is 2. The van der Waals surface area contributed by atoms with E-state index >= 15 is 0 Å². The Morgan fingerprint density at radius 2 is 1.95 bits per heavy atom. The smallest absolute Gasteiger partial charge is 0.119 e. The molecule has 2 heteroatoms. The van der Waals surface area contributed by atoms with E-state index < -0.39 is 0 Å². The molecule has 20 heavy (non-hydrogen) atoms. The number of aliphatic hydroxyl groups is 1. The average molecular weight is 274 g/mol. The fourth-order valence-corrected chi connectivity index (χ4v) is 4.78.